The molecule has 1 unspecified atom stereocenters. The molecule has 0 rings (SSSR count). The van der Waals surface area contributed by atoms with Gasteiger partial charge in [-0.25, -0.2) is 0 Å². The Hall–Kier alpha value is -0.990. The lowest BCUT2D eigenvalue weighted by Crippen LogP contribution is -2.45. The fourth-order valence-corrected chi connectivity index (χ4v) is 3.06. The van der Waals surface area contributed by atoms with Gasteiger partial charge < -0.3 is 15.9 Å². The average Bonchev–Trinajstić information content (AvgIpc) is 2.71. The molecular formula is C22H44N2O5. The highest BCUT2D eigenvalue weighted by Gasteiger charge is 2.25. The normalized spacial score (nSPS) is 12.8. The van der Waals surface area contributed by atoms with Crippen LogP contribution >= 0.6 is 0 Å². The minimum atomic E-state index is -0.731. The third-order valence-corrected chi connectivity index (χ3v) is 4.69. The molecule has 0 fully saturated rings. The Bertz CT molecular complexity index is 385. The summed E-state index contributed by atoms with van der Waals surface area (Å²) in [6.45, 7) is 1.85. The van der Waals surface area contributed by atoms with E-state index < -0.39 is 11.9 Å². The number of allylic oxidation sites excluding steroid dienone is 2. The summed E-state index contributed by atoms with van der Waals surface area (Å²) in [4.78, 5) is 22.2. The summed E-state index contributed by atoms with van der Waals surface area (Å²) in [5.41, 5.74) is 5.46. The predicted octanol–water partition coefficient (Wildman–Crippen LogP) is 3.64. The number of aliphatic hydroxyl groups excluding tert-OH is 2. The molecule has 0 aromatic carbocycles. The van der Waals surface area contributed by atoms with Gasteiger partial charge in [-0.05, 0) is 32.1 Å². The van der Waals surface area contributed by atoms with E-state index in [-0.39, 0.29) is 26.4 Å². The van der Waals surface area contributed by atoms with Crippen LogP contribution in [0.15, 0.2) is 12.2 Å². The number of unbranched alkanes of at least 4 members (excludes halogenated alkanes) is 10. The molecule has 29 heavy (non-hydrogen) atoms. The molecule has 4 N–H and O–H groups in total. The van der Waals surface area contributed by atoms with Crippen molar-refractivity contribution >= 4 is 5.91 Å². The van der Waals surface area contributed by atoms with Gasteiger partial charge in [-0.15, -0.1) is 0 Å². The highest BCUT2D eigenvalue weighted by molar-refractivity contribution is 5.79. The van der Waals surface area contributed by atoms with Crippen molar-refractivity contribution < 1.29 is 24.7 Å². The first-order valence-corrected chi connectivity index (χ1v) is 11.4. The molecule has 172 valence electrons. The molecule has 7 nitrogen and oxygen atoms in total. The molecular weight excluding hydrogens is 372 g/mol. The van der Waals surface area contributed by atoms with Crippen LogP contribution in [0, 0.1) is 0 Å². The van der Waals surface area contributed by atoms with E-state index in [0.29, 0.717) is 6.42 Å². The number of carbonyl (C=O) groups excluding carboxylic acids is 1. The van der Waals surface area contributed by atoms with Gasteiger partial charge in [-0.2, -0.15) is 0 Å². The van der Waals surface area contributed by atoms with Gasteiger partial charge in [0.2, 0.25) is 5.91 Å². The SMILES string of the molecule is CCCCCCCCC=CCCCCCCC(C(N)=O)N(OCCO)OCCO. The van der Waals surface area contributed by atoms with Crippen molar-refractivity contribution in [3.8, 4) is 0 Å². The standard InChI is InChI=1S/C22H44N2O5/c1-2-3-4-5-6-7-8-9-10-11-12-13-14-15-16-21(22(23)27)24(28-19-17-25)29-20-18-26/h9-10,21,25-26H,2-8,11-20H2,1H3,(H2,23,27). The zero-order chi connectivity index (χ0) is 21.6. The van der Waals surface area contributed by atoms with Crippen molar-refractivity contribution in [2.45, 2.75) is 96.4 Å². The maximum absolute atomic E-state index is 11.7. The monoisotopic (exact) mass is 416 g/mol. The Balaban J connectivity index is 3.84. The average molecular weight is 417 g/mol. The van der Waals surface area contributed by atoms with Crippen molar-refractivity contribution in [2.24, 2.45) is 5.73 Å². The summed E-state index contributed by atoms with van der Waals surface area (Å²) in [5, 5.41) is 18.8. The molecule has 0 aliphatic carbocycles. The maximum atomic E-state index is 11.7. The summed E-state index contributed by atoms with van der Waals surface area (Å²) in [5.74, 6) is -0.543. The van der Waals surface area contributed by atoms with Crippen molar-refractivity contribution in [2.75, 3.05) is 26.4 Å². The molecule has 0 heterocycles. The molecule has 1 amide bonds. The fraction of sp³-hybridized carbons (Fsp3) is 0.864. The predicted molar refractivity (Wildman–Crippen MR) is 116 cm³/mol. The van der Waals surface area contributed by atoms with Gasteiger partial charge in [0, 0.05) is 0 Å². The smallest absolute Gasteiger partial charge is 0.239 e. The van der Waals surface area contributed by atoms with Crippen LogP contribution in [-0.2, 0) is 14.5 Å². The Morgan fingerprint density at radius 3 is 1.83 bits per heavy atom. The lowest BCUT2D eigenvalue weighted by Gasteiger charge is -2.27. The first kappa shape index (κ1) is 28.0. The number of hydroxylamine groups is 2. The van der Waals surface area contributed by atoms with Crippen LogP contribution in [0.4, 0.5) is 0 Å². The van der Waals surface area contributed by atoms with Crippen LogP contribution in [0.1, 0.15) is 90.4 Å². The summed E-state index contributed by atoms with van der Waals surface area (Å²) in [7, 11) is 0. The number of hydrogen-bond acceptors (Lipinski definition) is 6. The second kappa shape index (κ2) is 21.7. The second-order valence-electron chi connectivity index (χ2n) is 7.34. The van der Waals surface area contributed by atoms with Crippen LogP contribution < -0.4 is 5.73 Å². The van der Waals surface area contributed by atoms with Crippen LogP contribution in [-0.4, -0.2) is 53.8 Å². The van der Waals surface area contributed by atoms with E-state index in [1.54, 1.807) is 0 Å². The minimum absolute atomic E-state index is 0.000281. The summed E-state index contributed by atoms with van der Waals surface area (Å²) < 4.78 is 0. The van der Waals surface area contributed by atoms with Gasteiger partial charge in [0.05, 0.1) is 26.4 Å². The molecule has 0 radical (unpaired) electrons. The number of nitrogens with two attached hydrogens (primary N) is 1. The van der Waals surface area contributed by atoms with Crippen molar-refractivity contribution in [1.29, 1.82) is 0 Å². The molecule has 0 aromatic rings. The molecule has 0 aromatic heterocycles. The second-order valence-corrected chi connectivity index (χ2v) is 7.34. The maximum Gasteiger partial charge on any atom is 0.239 e. The number of carbonyl (C=O) groups is 1. The molecule has 1 atom stereocenters. The summed E-state index contributed by atoms with van der Waals surface area (Å²) in [6.07, 6.45) is 19.5. The largest absolute Gasteiger partial charge is 0.394 e. The zero-order valence-corrected chi connectivity index (χ0v) is 18.4. The third-order valence-electron chi connectivity index (χ3n) is 4.69. The number of amides is 1. The fourth-order valence-electron chi connectivity index (χ4n) is 3.06. The lowest BCUT2D eigenvalue weighted by atomic mass is 10.1. The van der Waals surface area contributed by atoms with Crippen molar-refractivity contribution in [1.82, 2.24) is 5.23 Å². The van der Waals surface area contributed by atoms with E-state index in [1.165, 1.54) is 44.9 Å². The quantitative estimate of drug-likeness (QED) is 0.141. The van der Waals surface area contributed by atoms with Gasteiger partial charge in [0.1, 0.15) is 6.04 Å². The lowest BCUT2D eigenvalue weighted by molar-refractivity contribution is -0.385. The molecule has 0 aliphatic rings. The van der Waals surface area contributed by atoms with Crippen molar-refractivity contribution in [3.05, 3.63) is 12.2 Å². The van der Waals surface area contributed by atoms with Gasteiger partial charge in [0.25, 0.3) is 0 Å². The van der Waals surface area contributed by atoms with Gasteiger partial charge >= 0.3 is 0 Å². The van der Waals surface area contributed by atoms with E-state index in [4.69, 9.17) is 25.6 Å². The highest BCUT2D eigenvalue weighted by atomic mass is 17.0. The van der Waals surface area contributed by atoms with Gasteiger partial charge in [-0.3, -0.25) is 14.5 Å². The molecule has 0 saturated carbocycles. The summed E-state index contributed by atoms with van der Waals surface area (Å²) >= 11 is 0. The van der Waals surface area contributed by atoms with Crippen molar-refractivity contribution in [3.63, 3.8) is 0 Å². The first-order chi connectivity index (χ1) is 14.2. The number of nitrogens with zero attached hydrogens (tertiary/aromatic N) is 1. The Morgan fingerprint density at radius 2 is 1.34 bits per heavy atom. The third kappa shape index (κ3) is 17.6. The molecule has 7 heteroatoms. The molecule has 0 bridgehead atoms. The van der Waals surface area contributed by atoms with Crippen LogP contribution in [0.25, 0.3) is 0 Å². The molecule has 0 saturated heterocycles. The molecule has 0 aliphatic heterocycles. The van der Waals surface area contributed by atoms with E-state index in [9.17, 15) is 4.79 Å². The number of hydrogen-bond donors (Lipinski definition) is 3. The molecule has 0 spiro atoms. The number of primary amides is 1. The van der Waals surface area contributed by atoms with E-state index in [0.717, 1.165) is 37.3 Å². The Labute approximate surface area is 177 Å². The highest BCUT2D eigenvalue weighted by Crippen LogP contribution is 2.14. The van der Waals surface area contributed by atoms with E-state index in [2.05, 4.69) is 19.1 Å². The number of rotatable bonds is 22. The van der Waals surface area contributed by atoms with E-state index in [1.807, 2.05) is 0 Å². The van der Waals surface area contributed by atoms with E-state index >= 15 is 0 Å². The van der Waals surface area contributed by atoms with Crippen LogP contribution in [0.3, 0.4) is 0 Å². The number of aliphatic hydroxyl groups is 2. The van der Waals surface area contributed by atoms with Gasteiger partial charge in [-0.1, -0.05) is 75.7 Å². The summed E-state index contributed by atoms with van der Waals surface area (Å²) in [6, 6.07) is -0.731. The van der Waals surface area contributed by atoms with Crippen LogP contribution in [0.2, 0.25) is 0 Å². The first-order valence-electron chi connectivity index (χ1n) is 11.4. The minimum Gasteiger partial charge on any atom is -0.394 e. The zero-order valence-electron chi connectivity index (χ0n) is 18.4. The Morgan fingerprint density at radius 1 is 0.862 bits per heavy atom. The van der Waals surface area contributed by atoms with Gasteiger partial charge in [0.15, 0.2) is 0 Å². The Kier molecular flexibility index (Phi) is 21.0. The topological polar surface area (TPSA) is 105 Å². The van der Waals surface area contributed by atoms with Crippen LogP contribution in [0.5, 0.6) is 0 Å².